The van der Waals surface area contributed by atoms with E-state index in [1.165, 1.54) is 0 Å². The van der Waals surface area contributed by atoms with Crippen molar-refractivity contribution < 1.29 is 5.11 Å². The topological polar surface area (TPSA) is 23.5 Å². The lowest BCUT2D eigenvalue weighted by Crippen LogP contribution is -2.24. The summed E-state index contributed by atoms with van der Waals surface area (Å²) in [5.41, 5.74) is 1.90. The first kappa shape index (κ1) is 13.1. The first-order chi connectivity index (χ1) is 8.24. The van der Waals surface area contributed by atoms with E-state index >= 15 is 0 Å². The Morgan fingerprint density at radius 2 is 1.71 bits per heavy atom. The Kier molecular flexibility index (Phi) is 5.08. The minimum atomic E-state index is 0.306. The summed E-state index contributed by atoms with van der Waals surface area (Å²) in [5.74, 6) is 0.306. The van der Waals surface area contributed by atoms with Crippen LogP contribution in [0.25, 0.3) is 0 Å². The van der Waals surface area contributed by atoms with Gasteiger partial charge in [0.15, 0.2) is 0 Å². The quantitative estimate of drug-likeness (QED) is 0.725. The van der Waals surface area contributed by atoms with E-state index in [9.17, 15) is 5.11 Å². The molecule has 0 aliphatic carbocycles. The van der Waals surface area contributed by atoms with Gasteiger partial charge in [0.2, 0.25) is 0 Å². The van der Waals surface area contributed by atoms with Crippen LogP contribution >= 0.6 is 0 Å². The maximum absolute atomic E-state index is 9.88. The van der Waals surface area contributed by atoms with E-state index in [2.05, 4.69) is 24.6 Å². The van der Waals surface area contributed by atoms with Gasteiger partial charge >= 0.3 is 0 Å². The first-order valence-electron chi connectivity index (χ1n) is 5.63. The summed E-state index contributed by atoms with van der Waals surface area (Å²) < 4.78 is 0. The zero-order valence-corrected chi connectivity index (χ0v) is 10.1. The summed E-state index contributed by atoms with van der Waals surface area (Å²) in [6, 6.07) is 5.53. The fraction of sp³-hybridized carbons (Fsp3) is 0.200. The van der Waals surface area contributed by atoms with E-state index in [-0.39, 0.29) is 0 Å². The van der Waals surface area contributed by atoms with E-state index in [0.29, 0.717) is 12.2 Å². The van der Waals surface area contributed by atoms with Crippen LogP contribution in [0, 0.1) is 0 Å². The van der Waals surface area contributed by atoms with Gasteiger partial charge in [-0.25, -0.2) is 0 Å². The molecule has 0 heterocycles. The van der Waals surface area contributed by atoms with Gasteiger partial charge in [-0.05, 0) is 18.6 Å². The lowest BCUT2D eigenvalue weighted by atomic mass is 10.1. The average molecular weight is 229 g/mol. The number of anilines is 1. The molecular formula is C15H19NO. The highest BCUT2D eigenvalue weighted by molar-refractivity contribution is 5.60. The summed E-state index contributed by atoms with van der Waals surface area (Å²) >= 11 is 0. The Labute approximate surface area is 103 Å². The van der Waals surface area contributed by atoms with Crippen molar-refractivity contribution in [3.05, 3.63) is 61.7 Å². The molecule has 0 atom stereocenters. The Hall–Kier alpha value is -1.96. The Balaban J connectivity index is 3.15. The van der Waals surface area contributed by atoms with Crippen LogP contribution in [0.15, 0.2) is 56.2 Å². The van der Waals surface area contributed by atoms with Crippen LogP contribution in [0.4, 0.5) is 5.69 Å². The average Bonchev–Trinajstić information content (AvgIpc) is 2.32. The second-order valence-electron chi connectivity index (χ2n) is 3.75. The summed E-state index contributed by atoms with van der Waals surface area (Å²) in [7, 11) is 0. The molecular weight excluding hydrogens is 210 g/mol. The maximum Gasteiger partial charge on any atom is 0.121 e. The third-order valence-corrected chi connectivity index (χ3v) is 2.51. The summed E-state index contributed by atoms with van der Waals surface area (Å²) in [6.07, 6.45) is 6.11. The molecule has 1 N–H and O–H groups in total. The second kappa shape index (κ2) is 6.59. The summed E-state index contributed by atoms with van der Waals surface area (Å²) in [6.45, 7) is 12.7. The molecule has 90 valence electrons. The number of rotatable bonds is 7. The molecule has 2 heteroatoms. The van der Waals surface area contributed by atoms with Gasteiger partial charge in [0, 0.05) is 24.3 Å². The highest BCUT2D eigenvalue weighted by atomic mass is 16.3. The number of hydrogen-bond donors (Lipinski definition) is 1. The van der Waals surface area contributed by atoms with Crippen LogP contribution < -0.4 is 4.90 Å². The van der Waals surface area contributed by atoms with Crippen LogP contribution in [0.5, 0.6) is 5.75 Å². The molecule has 0 aliphatic heterocycles. The van der Waals surface area contributed by atoms with Crippen molar-refractivity contribution in [1.82, 2.24) is 0 Å². The molecule has 1 rings (SSSR count). The van der Waals surface area contributed by atoms with Crippen molar-refractivity contribution in [2.24, 2.45) is 0 Å². The third kappa shape index (κ3) is 3.25. The number of phenols is 1. The van der Waals surface area contributed by atoms with Crippen LogP contribution in [0.2, 0.25) is 0 Å². The van der Waals surface area contributed by atoms with Crippen molar-refractivity contribution in [2.75, 3.05) is 18.0 Å². The Bertz CT molecular complexity index is 399. The largest absolute Gasteiger partial charge is 0.508 e. The van der Waals surface area contributed by atoms with Gasteiger partial charge in [-0.3, -0.25) is 0 Å². The molecule has 0 bridgehead atoms. The van der Waals surface area contributed by atoms with E-state index in [1.807, 2.05) is 24.3 Å². The highest BCUT2D eigenvalue weighted by Crippen LogP contribution is 2.29. The van der Waals surface area contributed by atoms with Gasteiger partial charge in [-0.2, -0.15) is 0 Å². The number of nitrogens with zero attached hydrogens (tertiary/aromatic N) is 1. The van der Waals surface area contributed by atoms with Gasteiger partial charge in [0.25, 0.3) is 0 Å². The molecule has 0 saturated heterocycles. The summed E-state index contributed by atoms with van der Waals surface area (Å²) in [5, 5.41) is 9.88. The molecule has 1 aromatic rings. The van der Waals surface area contributed by atoms with Gasteiger partial charge in [0.05, 0.1) is 0 Å². The normalized spacial score (nSPS) is 9.65. The number of benzene rings is 1. The first-order valence-corrected chi connectivity index (χ1v) is 5.63. The zero-order chi connectivity index (χ0) is 12.7. The van der Waals surface area contributed by atoms with Crippen LogP contribution in [0.1, 0.15) is 5.56 Å². The number of phenolic OH excluding ortho intramolecular Hbond substituents is 1. The molecule has 0 fully saturated rings. The van der Waals surface area contributed by atoms with E-state index < -0.39 is 0 Å². The molecule has 0 aliphatic rings. The molecule has 0 aromatic heterocycles. The lowest BCUT2D eigenvalue weighted by Gasteiger charge is -2.24. The predicted molar refractivity (Wildman–Crippen MR) is 74.6 cm³/mol. The number of aromatic hydroxyl groups is 1. The molecule has 0 radical (unpaired) electrons. The minimum Gasteiger partial charge on any atom is -0.508 e. The van der Waals surface area contributed by atoms with Crippen LogP contribution in [-0.2, 0) is 6.42 Å². The number of hydrogen-bond acceptors (Lipinski definition) is 2. The molecule has 1 aromatic carbocycles. The Morgan fingerprint density at radius 1 is 1.06 bits per heavy atom. The standard InChI is InChI=1S/C15H19NO/c1-4-8-13-14(9-7-10-15(13)17)16(11-5-2)12-6-3/h4-7,9-10,17H,1-3,8,11-12H2. The maximum atomic E-state index is 9.88. The third-order valence-electron chi connectivity index (χ3n) is 2.51. The van der Waals surface area contributed by atoms with E-state index in [0.717, 1.165) is 24.3 Å². The van der Waals surface area contributed by atoms with Gasteiger partial charge in [0.1, 0.15) is 5.75 Å². The zero-order valence-electron chi connectivity index (χ0n) is 10.1. The van der Waals surface area contributed by atoms with Crippen molar-refractivity contribution in [1.29, 1.82) is 0 Å². The molecule has 0 saturated carbocycles. The predicted octanol–water partition coefficient (Wildman–Crippen LogP) is 3.30. The fourth-order valence-electron chi connectivity index (χ4n) is 1.80. The van der Waals surface area contributed by atoms with Crippen molar-refractivity contribution in [3.8, 4) is 5.75 Å². The van der Waals surface area contributed by atoms with E-state index in [4.69, 9.17) is 0 Å². The molecule has 0 unspecified atom stereocenters. The van der Waals surface area contributed by atoms with Crippen LogP contribution in [0.3, 0.4) is 0 Å². The molecule has 2 nitrogen and oxygen atoms in total. The second-order valence-corrected chi connectivity index (χ2v) is 3.75. The number of allylic oxidation sites excluding steroid dienone is 1. The van der Waals surface area contributed by atoms with Crippen molar-refractivity contribution >= 4 is 5.69 Å². The monoisotopic (exact) mass is 229 g/mol. The van der Waals surface area contributed by atoms with Crippen molar-refractivity contribution in [3.63, 3.8) is 0 Å². The van der Waals surface area contributed by atoms with Gasteiger partial charge in [-0.15, -0.1) is 19.7 Å². The van der Waals surface area contributed by atoms with Gasteiger partial charge in [-0.1, -0.05) is 24.3 Å². The molecule has 17 heavy (non-hydrogen) atoms. The minimum absolute atomic E-state index is 0.306. The lowest BCUT2D eigenvalue weighted by molar-refractivity contribution is 0.469. The molecule has 0 spiro atoms. The highest BCUT2D eigenvalue weighted by Gasteiger charge is 2.11. The van der Waals surface area contributed by atoms with Gasteiger partial charge < -0.3 is 10.0 Å². The summed E-state index contributed by atoms with van der Waals surface area (Å²) in [4.78, 5) is 2.11. The molecule has 0 amide bonds. The van der Waals surface area contributed by atoms with Crippen molar-refractivity contribution in [2.45, 2.75) is 6.42 Å². The SMILES string of the molecule is C=CCc1c(O)cccc1N(CC=C)CC=C. The smallest absolute Gasteiger partial charge is 0.121 e. The fourth-order valence-corrected chi connectivity index (χ4v) is 1.80. The van der Waals surface area contributed by atoms with E-state index in [1.54, 1.807) is 12.1 Å². The Morgan fingerprint density at radius 3 is 2.24 bits per heavy atom. The van der Waals surface area contributed by atoms with Crippen LogP contribution in [-0.4, -0.2) is 18.2 Å².